The fourth-order valence-corrected chi connectivity index (χ4v) is 1.21. The number of hydrogen-bond acceptors (Lipinski definition) is 2. The maximum Gasteiger partial charge on any atom is 0.336 e. The molecular weight excluding hydrogens is 176 g/mol. The molecule has 1 aromatic heterocycles. The van der Waals surface area contributed by atoms with Crippen LogP contribution in [-0.2, 0) is 0 Å². The van der Waals surface area contributed by atoms with Gasteiger partial charge in [0.25, 0.3) is 0 Å². The van der Waals surface area contributed by atoms with Crippen LogP contribution in [0.15, 0.2) is 33.5 Å². The van der Waals surface area contributed by atoms with Crippen molar-refractivity contribution in [3.8, 4) is 0 Å². The lowest BCUT2D eigenvalue weighted by Gasteiger charge is -1.92. The first-order chi connectivity index (χ1) is 6.83. The van der Waals surface area contributed by atoms with Gasteiger partial charge in [0.1, 0.15) is 5.76 Å². The molecule has 0 aliphatic heterocycles. The molecule has 0 aromatic carbocycles. The molecule has 0 radical (unpaired) electrons. The molecule has 1 rings (SSSR count). The van der Waals surface area contributed by atoms with Crippen LogP contribution in [0.4, 0.5) is 0 Å². The average molecular weight is 192 g/mol. The van der Waals surface area contributed by atoms with Crippen molar-refractivity contribution in [3.05, 3.63) is 40.5 Å². The number of hydrogen-bond donors (Lipinski definition) is 0. The Morgan fingerprint density at radius 3 is 2.93 bits per heavy atom. The van der Waals surface area contributed by atoms with Crippen molar-refractivity contribution in [2.24, 2.45) is 0 Å². The van der Waals surface area contributed by atoms with Gasteiger partial charge in [-0.15, -0.1) is 0 Å². The van der Waals surface area contributed by atoms with Crippen LogP contribution in [0.1, 0.15) is 38.4 Å². The molecule has 0 atom stereocenters. The lowest BCUT2D eigenvalue weighted by molar-refractivity contribution is 0.501. The summed E-state index contributed by atoms with van der Waals surface area (Å²) < 4.78 is 4.94. The van der Waals surface area contributed by atoms with E-state index in [1.165, 1.54) is 25.3 Å². The summed E-state index contributed by atoms with van der Waals surface area (Å²) in [6, 6.07) is 4.91. The van der Waals surface area contributed by atoms with Gasteiger partial charge >= 0.3 is 5.63 Å². The Labute approximate surface area is 84.3 Å². The molecule has 0 aliphatic carbocycles. The van der Waals surface area contributed by atoms with Crippen LogP contribution < -0.4 is 5.63 Å². The second-order valence-electron chi connectivity index (χ2n) is 3.25. The first kappa shape index (κ1) is 10.8. The molecule has 0 unspecified atom stereocenters. The highest BCUT2D eigenvalue weighted by molar-refractivity contribution is 5.41. The molecule has 0 saturated heterocycles. The van der Waals surface area contributed by atoms with E-state index in [0.717, 1.165) is 6.42 Å². The highest BCUT2D eigenvalue weighted by Gasteiger charge is 1.89. The van der Waals surface area contributed by atoms with E-state index < -0.39 is 0 Å². The topological polar surface area (TPSA) is 30.2 Å². The van der Waals surface area contributed by atoms with E-state index >= 15 is 0 Å². The van der Waals surface area contributed by atoms with E-state index in [4.69, 9.17) is 4.42 Å². The summed E-state index contributed by atoms with van der Waals surface area (Å²) >= 11 is 0. The monoisotopic (exact) mass is 192 g/mol. The lowest BCUT2D eigenvalue weighted by atomic mass is 10.2. The van der Waals surface area contributed by atoms with Crippen molar-refractivity contribution >= 4 is 6.08 Å². The molecule has 0 bridgehead atoms. The zero-order valence-corrected chi connectivity index (χ0v) is 8.53. The highest BCUT2D eigenvalue weighted by atomic mass is 16.4. The predicted octanol–water partition coefficient (Wildman–Crippen LogP) is 3.23. The molecular formula is C12H16O2. The molecule has 2 heteroatoms. The van der Waals surface area contributed by atoms with Gasteiger partial charge in [0.2, 0.25) is 0 Å². The first-order valence-electron chi connectivity index (χ1n) is 5.09. The Hall–Kier alpha value is -1.31. The largest absolute Gasteiger partial charge is 0.423 e. The van der Waals surface area contributed by atoms with Crippen LogP contribution in [-0.4, -0.2) is 0 Å². The van der Waals surface area contributed by atoms with Crippen LogP contribution in [0.5, 0.6) is 0 Å². The van der Waals surface area contributed by atoms with Gasteiger partial charge in [-0.25, -0.2) is 4.79 Å². The summed E-state index contributed by atoms with van der Waals surface area (Å²) in [5.74, 6) is 0.633. The zero-order chi connectivity index (χ0) is 10.2. The van der Waals surface area contributed by atoms with Gasteiger partial charge in [0.05, 0.1) is 0 Å². The Morgan fingerprint density at radius 2 is 2.21 bits per heavy atom. The quantitative estimate of drug-likeness (QED) is 0.670. The summed E-state index contributed by atoms with van der Waals surface area (Å²) in [4.78, 5) is 10.8. The standard InChI is InChI=1S/C12H16O2/c1-2-3-4-5-6-8-11-9-7-10-12(13)14-11/h6-10H,2-5H2,1H3. The second kappa shape index (κ2) is 6.19. The van der Waals surface area contributed by atoms with E-state index in [2.05, 4.69) is 6.92 Å². The van der Waals surface area contributed by atoms with Crippen molar-refractivity contribution in [1.82, 2.24) is 0 Å². The van der Waals surface area contributed by atoms with E-state index in [9.17, 15) is 4.79 Å². The third kappa shape index (κ3) is 4.08. The Balaban J connectivity index is 2.40. The Kier molecular flexibility index (Phi) is 4.76. The molecule has 2 nitrogen and oxygen atoms in total. The molecule has 0 saturated carbocycles. The molecule has 1 aromatic rings. The smallest absolute Gasteiger partial charge is 0.336 e. The number of rotatable bonds is 5. The summed E-state index contributed by atoms with van der Waals surface area (Å²) in [5, 5.41) is 0. The van der Waals surface area contributed by atoms with Gasteiger partial charge in [-0.1, -0.05) is 31.9 Å². The van der Waals surface area contributed by atoms with E-state index in [-0.39, 0.29) is 5.63 Å². The third-order valence-corrected chi connectivity index (χ3v) is 1.97. The van der Waals surface area contributed by atoms with Gasteiger partial charge in [0.15, 0.2) is 0 Å². The normalized spacial score (nSPS) is 10.9. The minimum Gasteiger partial charge on any atom is -0.423 e. The molecule has 0 N–H and O–H groups in total. The molecule has 0 amide bonds. The number of allylic oxidation sites excluding steroid dienone is 1. The molecule has 0 fully saturated rings. The second-order valence-corrected chi connectivity index (χ2v) is 3.25. The lowest BCUT2D eigenvalue weighted by Crippen LogP contribution is -1.94. The zero-order valence-electron chi connectivity index (χ0n) is 8.53. The van der Waals surface area contributed by atoms with Crippen molar-refractivity contribution in [2.45, 2.75) is 32.6 Å². The van der Waals surface area contributed by atoms with E-state index in [0.29, 0.717) is 5.76 Å². The molecule has 0 aliphatic rings. The van der Waals surface area contributed by atoms with E-state index in [1.807, 2.05) is 12.2 Å². The fourth-order valence-electron chi connectivity index (χ4n) is 1.21. The van der Waals surface area contributed by atoms with Crippen LogP contribution >= 0.6 is 0 Å². The summed E-state index contributed by atoms with van der Waals surface area (Å²) in [7, 11) is 0. The third-order valence-electron chi connectivity index (χ3n) is 1.97. The van der Waals surface area contributed by atoms with Gasteiger partial charge in [-0.05, 0) is 25.0 Å². The maximum absolute atomic E-state index is 10.8. The van der Waals surface area contributed by atoms with Crippen molar-refractivity contribution < 1.29 is 4.42 Å². The predicted molar refractivity (Wildman–Crippen MR) is 58.2 cm³/mol. The highest BCUT2D eigenvalue weighted by Crippen LogP contribution is 2.03. The molecule has 14 heavy (non-hydrogen) atoms. The van der Waals surface area contributed by atoms with Gasteiger partial charge < -0.3 is 4.42 Å². The Bertz CT molecular complexity index is 336. The van der Waals surface area contributed by atoms with Gasteiger partial charge in [-0.3, -0.25) is 0 Å². The fraction of sp³-hybridized carbons (Fsp3) is 0.417. The Morgan fingerprint density at radius 1 is 1.36 bits per heavy atom. The minimum atomic E-state index is -0.291. The molecule has 0 spiro atoms. The average Bonchev–Trinajstić information content (AvgIpc) is 2.18. The minimum absolute atomic E-state index is 0.291. The maximum atomic E-state index is 10.8. The SMILES string of the molecule is CCCCCC=Cc1cccc(=O)o1. The van der Waals surface area contributed by atoms with E-state index in [1.54, 1.807) is 12.1 Å². The van der Waals surface area contributed by atoms with Crippen molar-refractivity contribution in [3.63, 3.8) is 0 Å². The van der Waals surface area contributed by atoms with Crippen LogP contribution in [0, 0.1) is 0 Å². The van der Waals surface area contributed by atoms with Crippen molar-refractivity contribution in [1.29, 1.82) is 0 Å². The molecule has 76 valence electrons. The summed E-state index contributed by atoms with van der Waals surface area (Å²) in [6.45, 7) is 2.18. The number of unbranched alkanes of at least 4 members (excludes halogenated alkanes) is 3. The van der Waals surface area contributed by atoms with Crippen LogP contribution in [0.25, 0.3) is 6.08 Å². The van der Waals surface area contributed by atoms with Crippen molar-refractivity contribution in [2.75, 3.05) is 0 Å². The van der Waals surface area contributed by atoms with Crippen LogP contribution in [0.3, 0.4) is 0 Å². The van der Waals surface area contributed by atoms with Gasteiger partial charge in [0, 0.05) is 6.07 Å². The van der Waals surface area contributed by atoms with Gasteiger partial charge in [-0.2, -0.15) is 0 Å². The molecule has 1 heterocycles. The summed E-state index contributed by atoms with van der Waals surface area (Å²) in [6.07, 6.45) is 8.64. The first-order valence-corrected chi connectivity index (χ1v) is 5.09. The van der Waals surface area contributed by atoms with Crippen LogP contribution in [0.2, 0.25) is 0 Å². The summed E-state index contributed by atoms with van der Waals surface area (Å²) in [5.41, 5.74) is -0.291.